The van der Waals surface area contributed by atoms with E-state index in [0.717, 1.165) is 5.56 Å². The van der Waals surface area contributed by atoms with Crippen molar-refractivity contribution in [1.29, 1.82) is 0 Å². The second-order valence-electron chi connectivity index (χ2n) is 5.58. The van der Waals surface area contributed by atoms with Crippen LogP contribution in [-0.4, -0.2) is 59.7 Å². The van der Waals surface area contributed by atoms with Gasteiger partial charge in [0.1, 0.15) is 0 Å². The van der Waals surface area contributed by atoms with Gasteiger partial charge in [-0.25, -0.2) is 15.2 Å². The van der Waals surface area contributed by atoms with Gasteiger partial charge in [0, 0.05) is 18.6 Å². The summed E-state index contributed by atoms with van der Waals surface area (Å²) in [5, 5.41) is 7.11. The van der Waals surface area contributed by atoms with Gasteiger partial charge in [-0.1, -0.05) is 29.8 Å². The molecule has 2 atom stereocenters. The molecule has 0 spiro atoms. The lowest BCUT2D eigenvalue weighted by Crippen LogP contribution is -2.64. The zero-order chi connectivity index (χ0) is 18.0. The second kappa shape index (κ2) is 6.94. The number of imide groups is 1. The summed E-state index contributed by atoms with van der Waals surface area (Å²) in [6.45, 7) is 4.09. The quantitative estimate of drug-likeness (QED) is 0.476. The van der Waals surface area contributed by atoms with E-state index < -0.39 is 24.1 Å². The van der Waals surface area contributed by atoms with Crippen LogP contribution in [0.3, 0.4) is 0 Å². The lowest BCUT2D eigenvalue weighted by atomic mass is 10.1. The van der Waals surface area contributed by atoms with Gasteiger partial charge in [-0.3, -0.25) is 10.1 Å². The van der Waals surface area contributed by atoms with Crippen molar-refractivity contribution in [3.63, 3.8) is 0 Å². The summed E-state index contributed by atoms with van der Waals surface area (Å²) >= 11 is 5.85. The first-order chi connectivity index (χ1) is 12.0. The fraction of sp³-hybridized carbons (Fsp3) is 0.250. The van der Waals surface area contributed by atoms with Crippen molar-refractivity contribution in [1.82, 2.24) is 20.5 Å². The first-order valence-corrected chi connectivity index (χ1v) is 7.96. The van der Waals surface area contributed by atoms with Crippen LogP contribution in [-0.2, 0) is 4.79 Å². The Bertz CT molecular complexity index is 760. The second-order valence-corrected chi connectivity index (χ2v) is 6.02. The van der Waals surface area contributed by atoms with Crippen molar-refractivity contribution in [3.05, 3.63) is 47.5 Å². The Labute approximate surface area is 149 Å². The van der Waals surface area contributed by atoms with Gasteiger partial charge in [0.2, 0.25) is 5.96 Å². The minimum atomic E-state index is -0.617. The molecule has 1 aromatic rings. The van der Waals surface area contributed by atoms with Gasteiger partial charge in [0.05, 0.1) is 6.21 Å². The van der Waals surface area contributed by atoms with Gasteiger partial charge in [-0.2, -0.15) is 5.10 Å². The first kappa shape index (κ1) is 17.0. The van der Waals surface area contributed by atoms with Gasteiger partial charge >= 0.3 is 6.03 Å². The van der Waals surface area contributed by atoms with Crippen molar-refractivity contribution in [3.8, 4) is 0 Å². The summed E-state index contributed by atoms with van der Waals surface area (Å²) in [6.07, 6.45) is 2.67. The van der Waals surface area contributed by atoms with Crippen LogP contribution in [0.1, 0.15) is 5.56 Å². The molecule has 1 saturated heterocycles. The van der Waals surface area contributed by atoms with Gasteiger partial charge in [0.15, 0.2) is 12.2 Å². The van der Waals surface area contributed by atoms with Crippen molar-refractivity contribution in [2.24, 2.45) is 10.1 Å². The number of benzene rings is 1. The molecular formula is C16H17ClN6O2. The molecule has 25 heavy (non-hydrogen) atoms. The van der Waals surface area contributed by atoms with Crippen LogP contribution in [0.15, 0.2) is 47.0 Å². The van der Waals surface area contributed by atoms with Gasteiger partial charge in [-0.15, -0.1) is 6.58 Å². The van der Waals surface area contributed by atoms with Gasteiger partial charge in [0.25, 0.3) is 5.91 Å². The number of fused-ring (bicyclic) bond motifs is 1. The Morgan fingerprint density at radius 2 is 2.12 bits per heavy atom. The Morgan fingerprint density at radius 3 is 2.80 bits per heavy atom. The monoisotopic (exact) mass is 360 g/mol. The summed E-state index contributed by atoms with van der Waals surface area (Å²) in [4.78, 5) is 31.5. The average molecular weight is 361 g/mol. The predicted octanol–water partition coefficient (Wildman–Crippen LogP) is 0.997. The Balaban J connectivity index is 1.78. The summed E-state index contributed by atoms with van der Waals surface area (Å²) in [7, 11) is 1.59. The molecule has 9 heteroatoms. The fourth-order valence-electron chi connectivity index (χ4n) is 2.67. The number of carbonyl (C=O) groups is 2. The van der Waals surface area contributed by atoms with E-state index in [9.17, 15) is 9.59 Å². The molecule has 2 heterocycles. The zero-order valence-electron chi connectivity index (χ0n) is 13.5. The minimum Gasteiger partial charge on any atom is -0.322 e. The van der Waals surface area contributed by atoms with Gasteiger partial charge < -0.3 is 9.80 Å². The molecule has 0 aromatic heterocycles. The van der Waals surface area contributed by atoms with Crippen LogP contribution in [0, 0.1) is 0 Å². The molecular weight excluding hydrogens is 344 g/mol. The first-order valence-electron chi connectivity index (χ1n) is 7.59. The number of likely N-dealkylation sites (N-methyl/N-ethyl adjacent to an activating group) is 1. The van der Waals surface area contributed by atoms with Crippen molar-refractivity contribution < 1.29 is 9.59 Å². The number of hydrogen-bond acceptors (Lipinski definition) is 6. The summed E-state index contributed by atoms with van der Waals surface area (Å²) < 4.78 is 0. The smallest absolute Gasteiger partial charge is 0.322 e. The number of hydrazone groups is 1. The third-order valence-electron chi connectivity index (χ3n) is 3.93. The van der Waals surface area contributed by atoms with Crippen molar-refractivity contribution >= 4 is 35.7 Å². The molecule has 1 aromatic carbocycles. The third-order valence-corrected chi connectivity index (χ3v) is 4.19. The van der Waals surface area contributed by atoms with Crippen molar-refractivity contribution in [2.45, 2.75) is 12.2 Å². The summed E-state index contributed by atoms with van der Waals surface area (Å²) in [5.41, 5.74) is 3.69. The molecule has 3 rings (SSSR count). The lowest BCUT2D eigenvalue weighted by Gasteiger charge is -2.35. The van der Waals surface area contributed by atoms with E-state index in [4.69, 9.17) is 11.6 Å². The Morgan fingerprint density at radius 1 is 1.40 bits per heavy atom. The topological polar surface area (TPSA) is 89.4 Å². The van der Waals surface area contributed by atoms with E-state index in [1.54, 1.807) is 36.4 Å². The number of nitrogens with zero attached hydrogens (tertiary/aromatic N) is 4. The largest absolute Gasteiger partial charge is 0.325 e. The lowest BCUT2D eigenvalue weighted by molar-refractivity contribution is -0.126. The SMILES string of the molecule is C=CCN1C(N/N=C/c2ccc(Cl)cc2)=NC2C1C(=O)NC(=O)N2C. The van der Waals surface area contributed by atoms with Crippen LogP contribution in [0.25, 0.3) is 0 Å². The van der Waals surface area contributed by atoms with E-state index in [2.05, 4.69) is 27.4 Å². The highest BCUT2D eigenvalue weighted by Crippen LogP contribution is 2.23. The van der Waals surface area contributed by atoms with Crippen LogP contribution >= 0.6 is 11.6 Å². The number of hydrogen-bond donors (Lipinski definition) is 2. The van der Waals surface area contributed by atoms with Crippen LogP contribution in [0.2, 0.25) is 5.02 Å². The third kappa shape index (κ3) is 3.34. The highest BCUT2D eigenvalue weighted by Gasteiger charge is 2.48. The molecule has 2 aliphatic rings. The molecule has 1 fully saturated rings. The van der Waals surface area contributed by atoms with E-state index in [-0.39, 0.29) is 0 Å². The normalized spacial score (nSPS) is 22.7. The van der Waals surface area contributed by atoms with Crippen LogP contribution in [0.4, 0.5) is 4.79 Å². The van der Waals surface area contributed by atoms with Crippen LogP contribution < -0.4 is 10.7 Å². The molecule has 130 valence electrons. The molecule has 0 saturated carbocycles. The molecule has 2 N–H and O–H groups in total. The maximum atomic E-state index is 12.2. The summed E-state index contributed by atoms with van der Waals surface area (Å²) in [6, 6.07) is 6.09. The number of carbonyl (C=O) groups excluding carboxylic acids is 2. The number of nitrogens with one attached hydrogen (secondary N) is 2. The zero-order valence-corrected chi connectivity index (χ0v) is 14.3. The summed E-state index contributed by atoms with van der Waals surface area (Å²) in [5.74, 6) is 0.00833. The number of aliphatic imine (C=N–C) groups is 1. The number of urea groups is 1. The average Bonchev–Trinajstić information content (AvgIpc) is 2.94. The maximum Gasteiger partial charge on any atom is 0.325 e. The minimum absolute atomic E-state index is 0.388. The molecule has 0 radical (unpaired) electrons. The maximum absolute atomic E-state index is 12.2. The van der Waals surface area contributed by atoms with Crippen LogP contribution in [0.5, 0.6) is 0 Å². The molecule has 8 nitrogen and oxygen atoms in total. The van der Waals surface area contributed by atoms with E-state index in [1.165, 1.54) is 4.90 Å². The highest BCUT2D eigenvalue weighted by atomic mass is 35.5. The highest BCUT2D eigenvalue weighted by molar-refractivity contribution is 6.30. The molecule has 2 aliphatic heterocycles. The fourth-order valence-corrected chi connectivity index (χ4v) is 2.80. The van der Waals surface area contributed by atoms with E-state index >= 15 is 0 Å². The number of amides is 3. The molecule has 2 unspecified atom stereocenters. The Hall–Kier alpha value is -2.87. The van der Waals surface area contributed by atoms with E-state index in [1.807, 2.05) is 12.1 Å². The number of halogens is 1. The number of rotatable bonds is 4. The Kier molecular flexibility index (Phi) is 4.71. The van der Waals surface area contributed by atoms with Crippen molar-refractivity contribution in [2.75, 3.05) is 13.6 Å². The van der Waals surface area contributed by atoms with E-state index in [0.29, 0.717) is 17.5 Å². The molecule has 0 aliphatic carbocycles. The molecule has 3 amide bonds. The molecule has 0 bridgehead atoms. The predicted molar refractivity (Wildman–Crippen MR) is 95.4 cm³/mol. The van der Waals surface area contributed by atoms with Gasteiger partial charge in [-0.05, 0) is 17.7 Å². The number of guanidine groups is 1. The standard InChI is InChI=1S/C16H17ClN6O2/c1-3-8-23-12-13(22(2)16(25)20-14(12)24)19-15(23)21-18-9-10-4-6-11(17)7-5-10/h3-7,9,12-13H,1,8H2,2H3,(H,19,21)(H,20,24,25)/b18-9+.